The molecule has 0 unspecified atom stereocenters. The van der Waals surface area contributed by atoms with E-state index < -0.39 is 0 Å². The Bertz CT molecular complexity index is 745. The molecule has 0 aromatic heterocycles. The minimum Gasteiger partial charge on any atom is -0.491 e. The normalized spacial score (nSPS) is 19.3. The smallest absolute Gasteiger partial charge is 0.258 e. The second kappa shape index (κ2) is 7.62. The molecule has 2 aliphatic heterocycles. The molecule has 25 heavy (non-hydrogen) atoms. The van der Waals surface area contributed by atoms with Crippen molar-refractivity contribution in [2.45, 2.75) is 10.6 Å². The zero-order chi connectivity index (χ0) is 17.1. The van der Waals surface area contributed by atoms with Crippen molar-refractivity contribution in [3.8, 4) is 11.5 Å². The number of amides is 1. The molecular formula is C19H19NO3S2. The number of thioether (sulfide) groups is 2. The number of rotatable bonds is 5. The molecule has 0 aliphatic carbocycles. The maximum atomic E-state index is 12.2. The molecule has 0 bridgehead atoms. The van der Waals surface area contributed by atoms with E-state index in [1.165, 1.54) is 17.1 Å². The van der Waals surface area contributed by atoms with Crippen molar-refractivity contribution < 1.29 is 14.3 Å². The van der Waals surface area contributed by atoms with Crippen LogP contribution in [0.1, 0.15) is 21.8 Å². The molecule has 1 saturated heterocycles. The fourth-order valence-corrected chi connectivity index (χ4v) is 5.80. The Labute approximate surface area is 155 Å². The lowest BCUT2D eigenvalue weighted by Gasteiger charge is -2.13. The molecule has 2 aromatic rings. The van der Waals surface area contributed by atoms with Gasteiger partial charge in [-0.2, -0.15) is 0 Å². The Hall–Kier alpha value is -1.79. The molecule has 4 nitrogen and oxygen atoms in total. The van der Waals surface area contributed by atoms with Gasteiger partial charge in [-0.3, -0.25) is 4.79 Å². The van der Waals surface area contributed by atoms with Crippen molar-refractivity contribution in [2.75, 3.05) is 24.7 Å². The molecule has 1 atom stereocenters. The number of fused-ring (bicyclic) bond motifs is 1. The predicted molar refractivity (Wildman–Crippen MR) is 102 cm³/mol. The van der Waals surface area contributed by atoms with Crippen LogP contribution in [-0.4, -0.2) is 30.6 Å². The Kier molecular flexibility index (Phi) is 5.08. The Morgan fingerprint density at radius 1 is 1.12 bits per heavy atom. The molecule has 2 heterocycles. The minimum absolute atomic E-state index is 0.00490. The average molecular weight is 373 g/mol. The summed E-state index contributed by atoms with van der Waals surface area (Å²) in [5.41, 5.74) is 2.33. The molecule has 130 valence electrons. The highest BCUT2D eigenvalue weighted by atomic mass is 32.2. The number of ether oxygens (including phenoxy) is 2. The summed E-state index contributed by atoms with van der Waals surface area (Å²) >= 11 is 3.96. The van der Waals surface area contributed by atoms with Gasteiger partial charge in [0.1, 0.15) is 18.1 Å². The lowest BCUT2D eigenvalue weighted by atomic mass is 10.1. The van der Waals surface area contributed by atoms with E-state index in [4.69, 9.17) is 9.47 Å². The first-order valence-electron chi connectivity index (χ1n) is 8.27. The number of hydrogen-bond donors (Lipinski definition) is 1. The average Bonchev–Trinajstić information content (AvgIpc) is 3.31. The molecule has 2 aliphatic rings. The van der Waals surface area contributed by atoms with Gasteiger partial charge in [0, 0.05) is 17.1 Å². The fraction of sp³-hybridized carbons (Fsp3) is 0.316. The lowest BCUT2D eigenvalue weighted by Crippen LogP contribution is -2.33. The lowest BCUT2D eigenvalue weighted by molar-refractivity contribution is -0.123. The zero-order valence-electron chi connectivity index (χ0n) is 13.6. The van der Waals surface area contributed by atoms with E-state index in [1.807, 2.05) is 59.9 Å². The van der Waals surface area contributed by atoms with E-state index in [1.54, 1.807) is 0 Å². The van der Waals surface area contributed by atoms with E-state index in [0.717, 1.165) is 17.1 Å². The van der Waals surface area contributed by atoms with Crippen LogP contribution in [0, 0.1) is 0 Å². The number of nitrogens with one attached hydrogen (secondary N) is 1. The van der Waals surface area contributed by atoms with Gasteiger partial charge in [0.05, 0.1) is 10.6 Å². The van der Waals surface area contributed by atoms with E-state index in [2.05, 4.69) is 17.4 Å². The molecule has 0 saturated carbocycles. The monoisotopic (exact) mass is 373 g/mol. The van der Waals surface area contributed by atoms with Gasteiger partial charge in [0.15, 0.2) is 6.61 Å². The summed E-state index contributed by atoms with van der Waals surface area (Å²) in [6.45, 7) is 0.474. The van der Waals surface area contributed by atoms with Crippen molar-refractivity contribution in [3.05, 3.63) is 59.7 Å². The number of para-hydroxylation sites is 1. The summed E-state index contributed by atoms with van der Waals surface area (Å²) in [5.74, 6) is 3.84. The van der Waals surface area contributed by atoms with Crippen molar-refractivity contribution in [1.82, 2.24) is 5.32 Å². The Morgan fingerprint density at radius 2 is 1.88 bits per heavy atom. The van der Waals surface area contributed by atoms with Gasteiger partial charge >= 0.3 is 0 Å². The third-order valence-electron chi connectivity index (χ3n) is 4.18. The van der Waals surface area contributed by atoms with Crippen LogP contribution in [-0.2, 0) is 4.79 Å². The van der Waals surface area contributed by atoms with Gasteiger partial charge in [-0.25, -0.2) is 0 Å². The van der Waals surface area contributed by atoms with E-state index in [0.29, 0.717) is 11.2 Å². The molecule has 1 N–H and O–H groups in total. The van der Waals surface area contributed by atoms with Crippen LogP contribution in [0.25, 0.3) is 0 Å². The molecular weight excluding hydrogens is 354 g/mol. The molecule has 4 rings (SSSR count). The van der Waals surface area contributed by atoms with Crippen molar-refractivity contribution in [3.63, 3.8) is 0 Å². The summed E-state index contributed by atoms with van der Waals surface area (Å²) in [4.78, 5) is 12.2. The second-order valence-corrected chi connectivity index (χ2v) is 8.62. The van der Waals surface area contributed by atoms with Crippen LogP contribution in [0.15, 0.2) is 48.5 Å². The summed E-state index contributed by atoms with van der Waals surface area (Å²) < 4.78 is 11.7. The topological polar surface area (TPSA) is 47.6 Å². The maximum absolute atomic E-state index is 12.2. The zero-order valence-corrected chi connectivity index (χ0v) is 15.3. The Morgan fingerprint density at radius 3 is 2.68 bits per heavy atom. The van der Waals surface area contributed by atoms with Gasteiger partial charge in [-0.05, 0) is 23.8 Å². The van der Waals surface area contributed by atoms with E-state index in [-0.39, 0.29) is 18.6 Å². The van der Waals surface area contributed by atoms with Crippen molar-refractivity contribution in [1.29, 1.82) is 0 Å². The van der Waals surface area contributed by atoms with Crippen LogP contribution in [0.4, 0.5) is 0 Å². The SMILES string of the molecule is O=C(COc1ccc(C2SCCS2)cc1)N[C@H]1COc2ccccc21. The highest BCUT2D eigenvalue weighted by Gasteiger charge is 2.25. The third-order valence-corrected chi connectivity index (χ3v) is 7.28. The summed E-state index contributed by atoms with van der Waals surface area (Å²) in [5, 5.41) is 2.97. The first-order chi connectivity index (χ1) is 12.3. The highest BCUT2D eigenvalue weighted by molar-refractivity contribution is 8.19. The third kappa shape index (κ3) is 3.90. The fourth-order valence-electron chi connectivity index (χ4n) is 2.94. The van der Waals surface area contributed by atoms with Crippen LogP contribution in [0.5, 0.6) is 11.5 Å². The first kappa shape index (κ1) is 16.7. The molecule has 6 heteroatoms. The van der Waals surface area contributed by atoms with Crippen LogP contribution < -0.4 is 14.8 Å². The summed E-state index contributed by atoms with van der Waals surface area (Å²) in [7, 11) is 0. The minimum atomic E-state index is -0.142. The molecule has 2 aromatic carbocycles. The van der Waals surface area contributed by atoms with Gasteiger partial charge in [-0.1, -0.05) is 30.3 Å². The number of hydrogen-bond acceptors (Lipinski definition) is 5. The van der Waals surface area contributed by atoms with Crippen LogP contribution >= 0.6 is 23.5 Å². The highest BCUT2D eigenvalue weighted by Crippen LogP contribution is 2.45. The van der Waals surface area contributed by atoms with Crippen LogP contribution in [0.3, 0.4) is 0 Å². The summed E-state index contributed by atoms with van der Waals surface area (Å²) in [6.07, 6.45) is 0. The standard InChI is InChI=1S/C19H19NO3S2/c21-18(20-16-11-23-17-4-2-1-3-15(16)17)12-22-14-7-5-13(6-8-14)19-24-9-10-25-19/h1-8,16,19H,9-12H2,(H,20,21)/t16-/m0/s1. The second-order valence-electron chi connectivity index (χ2n) is 5.90. The van der Waals surface area contributed by atoms with E-state index >= 15 is 0 Å². The Balaban J connectivity index is 1.29. The van der Waals surface area contributed by atoms with Gasteiger partial charge < -0.3 is 14.8 Å². The van der Waals surface area contributed by atoms with Gasteiger partial charge in [-0.15, -0.1) is 23.5 Å². The molecule has 0 spiro atoms. The van der Waals surface area contributed by atoms with E-state index in [9.17, 15) is 4.79 Å². The molecule has 1 fully saturated rings. The predicted octanol–water partition coefficient (Wildman–Crippen LogP) is 3.79. The van der Waals surface area contributed by atoms with Gasteiger partial charge in [0.2, 0.25) is 0 Å². The number of benzene rings is 2. The molecule has 1 amide bonds. The quantitative estimate of drug-likeness (QED) is 0.864. The van der Waals surface area contributed by atoms with Crippen LogP contribution in [0.2, 0.25) is 0 Å². The van der Waals surface area contributed by atoms with Gasteiger partial charge in [0.25, 0.3) is 5.91 Å². The first-order valence-corrected chi connectivity index (χ1v) is 10.4. The molecule has 0 radical (unpaired) electrons. The van der Waals surface area contributed by atoms with Crippen molar-refractivity contribution >= 4 is 29.4 Å². The summed E-state index contributed by atoms with van der Waals surface area (Å²) in [6, 6.07) is 15.7. The largest absolute Gasteiger partial charge is 0.491 e. The number of carbonyl (C=O) groups excluding carboxylic acids is 1. The van der Waals surface area contributed by atoms with Crippen molar-refractivity contribution in [2.24, 2.45) is 0 Å². The number of carbonyl (C=O) groups is 1. The maximum Gasteiger partial charge on any atom is 0.258 e.